The molecule has 0 saturated heterocycles. The average molecular weight is 291 g/mol. The normalized spacial score (nSPS) is 11.2. The highest BCUT2D eigenvalue weighted by Crippen LogP contribution is 2.37. The standard InChI is InChI=1S/C14H18N3O2P/c1-10-7-14(16-9-15-10)17-12-6-5-11(20(3,4)18)8-13(12)19-2/h5-9H,1-4H3,(H,15,16,17). The summed E-state index contributed by atoms with van der Waals surface area (Å²) in [5.41, 5.74) is 1.66. The first-order valence-corrected chi connectivity index (χ1v) is 8.79. The molecule has 0 aliphatic carbocycles. The number of benzene rings is 1. The van der Waals surface area contributed by atoms with E-state index in [4.69, 9.17) is 4.74 Å². The Morgan fingerprint density at radius 2 is 1.95 bits per heavy atom. The monoisotopic (exact) mass is 291 g/mol. The Morgan fingerprint density at radius 1 is 1.20 bits per heavy atom. The number of ether oxygens (including phenoxy) is 1. The Kier molecular flexibility index (Phi) is 4.09. The Morgan fingerprint density at radius 3 is 2.55 bits per heavy atom. The lowest BCUT2D eigenvalue weighted by molar-refractivity contribution is 0.417. The molecule has 2 rings (SSSR count). The van der Waals surface area contributed by atoms with Gasteiger partial charge in [-0.2, -0.15) is 0 Å². The van der Waals surface area contributed by atoms with Crippen LogP contribution in [-0.2, 0) is 4.57 Å². The maximum atomic E-state index is 12.1. The molecule has 20 heavy (non-hydrogen) atoms. The number of methoxy groups -OCH3 is 1. The van der Waals surface area contributed by atoms with Crippen LogP contribution in [0.25, 0.3) is 0 Å². The first-order chi connectivity index (χ1) is 9.40. The summed E-state index contributed by atoms with van der Waals surface area (Å²) in [6.07, 6.45) is 1.50. The molecule has 0 saturated carbocycles. The van der Waals surface area contributed by atoms with Gasteiger partial charge in [-0.25, -0.2) is 9.97 Å². The first-order valence-electron chi connectivity index (χ1n) is 6.19. The predicted molar refractivity (Wildman–Crippen MR) is 82.1 cm³/mol. The summed E-state index contributed by atoms with van der Waals surface area (Å²) in [7, 11) is -0.713. The molecule has 0 spiro atoms. The molecule has 1 heterocycles. The summed E-state index contributed by atoms with van der Waals surface area (Å²) in [5, 5.41) is 3.97. The van der Waals surface area contributed by atoms with Crippen molar-refractivity contribution in [1.29, 1.82) is 0 Å². The van der Waals surface area contributed by atoms with Crippen LogP contribution in [0.5, 0.6) is 5.75 Å². The van der Waals surface area contributed by atoms with E-state index in [0.29, 0.717) is 11.6 Å². The number of hydrogen-bond donors (Lipinski definition) is 1. The van der Waals surface area contributed by atoms with Gasteiger partial charge in [0, 0.05) is 17.1 Å². The first kappa shape index (κ1) is 14.5. The molecule has 0 aliphatic rings. The minimum Gasteiger partial charge on any atom is -0.495 e. The van der Waals surface area contributed by atoms with Crippen LogP contribution < -0.4 is 15.4 Å². The zero-order chi connectivity index (χ0) is 14.8. The van der Waals surface area contributed by atoms with E-state index in [1.807, 2.05) is 25.1 Å². The molecular formula is C14H18N3O2P. The Bertz CT molecular complexity index is 667. The van der Waals surface area contributed by atoms with Crippen LogP contribution in [0.15, 0.2) is 30.6 Å². The van der Waals surface area contributed by atoms with Crippen molar-refractivity contribution in [3.05, 3.63) is 36.3 Å². The molecule has 1 N–H and O–H groups in total. The van der Waals surface area contributed by atoms with Gasteiger partial charge in [0.2, 0.25) is 0 Å². The van der Waals surface area contributed by atoms with E-state index < -0.39 is 7.14 Å². The van der Waals surface area contributed by atoms with Crippen molar-refractivity contribution in [2.24, 2.45) is 0 Å². The third-order valence-corrected chi connectivity index (χ3v) is 4.40. The second kappa shape index (κ2) is 5.63. The molecule has 106 valence electrons. The number of nitrogens with one attached hydrogen (secondary N) is 1. The second-order valence-corrected chi connectivity index (χ2v) is 8.12. The van der Waals surface area contributed by atoms with Crippen LogP contribution in [0.4, 0.5) is 11.5 Å². The highest BCUT2D eigenvalue weighted by molar-refractivity contribution is 7.70. The fraction of sp³-hybridized carbons (Fsp3) is 0.286. The third-order valence-electron chi connectivity index (χ3n) is 2.87. The Labute approximate surface area is 118 Å². The topological polar surface area (TPSA) is 64.1 Å². The molecule has 0 radical (unpaired) electrons. The van der Waals surface area contributed by atoms with Gasteiger partial charge in [0.1, 0.15) is 25.0 Å². The van der Waals surface area contributed by atoms with E-state index in [1.165, 1.54) is 6.33 Å². The molecule has 0 fully saturated rings. The van der Waals surface area contributed by atoms with Gasteiger partial charge in [0.15, 0.2) is 0 Å². The van der Waals surface area contributed by atoms with Crippen LogP contribution in [0.3, 0.4) is 0 Å². The van der Waals surface area contributed by atoms with Crippen molar-refractivity contribution in [1.82, 2.24) is 9.97 Å². The lowest BCUT2D eigenvalue weighted by Crippen LogP contribution is -2.05. The zero-order valence-electron chi connectivity index (χ0n) is 12.0. The molecule has 1 aromatic heterocycles. The quantitative estimate of drug-likeness (QED) is 0.878. The summed E-state index contributed by atoms with van der Waals surface area (Å²) < 4.78 is 17.5. The predicted octanol–water partition coefficient (Wildman–Crippen LogP) is 2.79. The van der Waals surface area contributed by atoms with Gasteiger partial charge in [-0.1, -0.05) is 0 Å². The molecular weight excluding hydrogens is 273 g/mol. The van der Waals surface area contributed by atoms with Gasteiger partial charge >= 0.3 is 0 Å². The van der Waals surface area contributed by atoms with E-state index in [-0.39, 0.29) is 0 Å². The SMILES string of the molecule is COc1cc(P(C)(C)=O)ccc1Nc1cc(C)ncn1. The van der Waals surface area contributed by atoms with Crippen LogP contribution in [0, 0.1) is 6.92 Å². The van der Waals surface area contributed by atoms with Gasteiger partial charge in [-0.05, 0) is 38.5 Å². The molecule has 1 aromatic carbocycles. The number of rotatable bonds is 4. The lowest BCUT2D eigenvalue weighted by Gasteiger charge is -2.14. The average Bonchev–Trinajstić information content (AvgIpc) is 2.38. The summed E-state index contributed by atoms with van der Waals surface area (Å²) in [6.45, 7) is 5.38. The van der Waals surface area contributed by atoms with Crippen molar-refractivity contribution < 1.29 is 9.30 Å². The summed E-state index contributed by atoms with van der Waals surface area (Å²) in [4.78, 5) is 8.20. The third kappa shape index (κ3) is 3.36. The minimum absolute atomic E-state index is 0.641. The molecule has 0 atom stereocenters. The number of aromatic nitrogens is 2. The van der Waals surface area contributed by atoms with Crippen LogP contribution in [-0.4, -0.2) is 30.4 Å². The number of nitrogens with zero attached hydrogens (tertiary/aromatic N) is 2. The van der Waals surface area contributed by atoms with Crippen molar-refractivity contribution >= 4 is 24.0 Å². The van der Waals surface area contributed by atoms with Crippen LogP contribution >= 0.6 is 7.14 Å². The molecule has 0 unspecified atom stereocenters. The largest absolute Gasteiger partial charge is 0.495 e. The molecule has 0 aliphatic heterocycles. The Hall–Kier alpha value is -1.87. The van der Waals surface area contributed by atoms with Crippen LogP contribution in [0.2, 0.25) is 0 Å². The summed E-state index contributed by atoms with van der Waals surface area (Å²) >= 11 is 0. The van der Waals surface area contributed by atoms with E-state index >= 15 is 0 Å². The molecule has 0 bridgehead atoms. The maximum absolute atomic E-state index is 12.1. The fourth-order valence-electron chi connectivity index (χ4n) is 1.78. The molecule has 6 heteroatoms. The number of hydrogen-bond acceptors (Lipinski definition) is 5. The van der Waals surface area contributed by atoms with Crippen molar-refractivity contribution in [2.75, 3.05) is 25.8 Å². The van der Waals surface area contributed by atoms with Gasteiger partial charge in [0.05, 0.1) is 12.8 Å². The summed E-state index contributed by atoms with van der Waals surface area (Å²) in [5.74, 6) is 1.34. The van der Waals surface area contributed by atoms with Crippen molar-refractivity contribution in [3.8, 4) is 5.75 Å². The molecule has 5 nitrogen and oxygen atoms in total. The van der Waals surface area contributed by atoms with Crippen molar-refractivity contribution in [3.63, 3.8) is 0 Å². The fourth-order valence-corrected chi connectivity index (χ4v) is 2.64. The van der Waals surface area contributed by atoms with Crippen molar-refractivity contribution in [2.45, 2.75) is 6.92 Å². The van der Waals surface area contributed by atoms with E-state index in [1.54, 1.807) is 26.5 Å². The molecule has 2 aromatic rings. The Balaban J connectivity index is 2.35. The van der Waals surface area contributed by atoms with Gasteiger partial charge in [0.25, 0.3) is 0 Å². The zero-order valence-corrected chi connectivity index (χ0v) is 12.9. The number of aryl methyl sites for hydroxylation is 1. The van der Waals surface area contributed by atoms with Gasteiger partial charge in [-0.3, -0.25) is 0 Å². The van der Waals surface area contributed by atoms with E-state index in [9.17, 15) is 4.57 Å². The van der Waals surface area contributed by atoms with Gasteiger partial charge in [-0.15, -0.1) is 0 Å². The van der Waals surface area contributed by atoms with Crippen LogP contribution in [0.1, 0.15) is 5.69 Å². The molecule has 0 amide bonds. The minimum atomic E-state index is -2.30. The highest BCUT2D eigenvalue weighted by atomic mass is 31.2. The van der Waals surface area contributed by atoms with E-state index in [0.717, 1.165) is 16.7 Å². The van der Waals surface area contributed by atoms with Gasteiger partial charge < -0.3 is 14.6 Å². The maximum Gasteiger partial charge on any atom is 0.143 e. The lowest BCUT2D eigenvalue weighted by atomic mass is 10.3. The summed E-state index contributed by atoms with van der Waals surface area (Å²) in [6, 6.07) is 7.35. The number of anilines is 2. The smallest absolute Gasteiger partial charge is 0.143 e. The van der Waals surface area contributed by atoms with E-state index in [2.05, 4.69) is 15.3 Å². The second-order valence-electron chi connectivity index (χ2n) is 4.91. The highest BCUT2D eigenvalue weighted by Gasteiger charge is 2.14.